The van der Waals surface area contributed by atoms with Crippen molar-refractivity contribution < 1.29 is 9.53 Å². The third kappa shape index (κ3) is 6.84. The van der Waals surface area contributed by atoms with Gasteiger partial charge in [0.1, 0.15) is 22.7 Å². The molecule has 5 aromatic carbocycles. The first-order chi connectivity index (χ1) is 26.0. The Morgan fingerprint density at radius 1 is 0.792 bits per heavy atom. The SMILES string of the molecule is C=CCN(Cc1ccc(-c2ccccc2-c2nnnn2C(c2ccccc2)(c2ccccc2)c2ccccc2)cc1)c1nc(C)ncc1C(=O)OCC. The number of aryl methyl sites for hydroxylation is 1. The molecule has 0 radical (unpaired) electrons. The standard InChI is InChI=1S/C44H39N7O2/c1-4-29-50(41-40(43(52)53-5-2)30-45-32(3)46-41)31-33-25-27-34(28-26-33)38-23-15-16-24-39(38)42-47-48-49-51(42)44(35-17-9-6-10-18-35,36-19-11-7-12-20-36)37-21-13-8-14-22-37/h4,6-28,30H,1,5,29,31H2,2-3H3. The molecule has 0 N–H and O–H groups in total. The number of aromatic nitrogens is 6. The van der Waals surface area contributed by atoms with Crippen LogP contribution in [0.4, 0.5) is 5.82 Å². The molecule has 0 fully saturated rings. The second kappa shape index (κ2) is 15.7. The number of carbonyl (C=O) groups is 1. The zero-order chi connectivity index (χ0) is 36.6. The highest BCUT2D eigenvalue weighted by Crippen LogP contribution is 2.43. The van der Waals surface area contributed by atoms with Gasteiger partial charge in [-0.2, -0.15) is 0 Å². The maximum atomic E-state index is 12.8. The molecule has 0 spiro atoms. The summed E-state index contributed by atoms with van der Waals surface area (Å²) in [6.07, 6.45) is 3.32. The summed E-state index contributed by atoms with van der Waals surface area (Å²) >= 11 is 0. The predicted molar refractivity (Wildman–Crippen MR) is 207 cm³/mol. The second-order valence-corrected chi connectivity index (χ2v) is 12.5. The summed E-state index contributed by atoms with van der Waals surface area (Å²) in [4.78, 5) is 23.7. The molecule has 0 saturated carbocycles. The van der Waals surface area contributed by atoms with E-state index in [0.29, 0.717) is 36.1 Å². The van der Waals surface area contributed by atoms with Crippen LogP contribution < -0.4 is 4.90 Å². The van der Waals surface area contributed by atoms with Gasteiger partial charge in [0.2, 0.25) is 0 Å². The summed E-state index contributed by atoms with van der Waals surface area (Å²) in [7, 11) is 0. The Hall–Kier alpha value is -6.74. The molecule has 2 heterocycles. The number of tetrazole rings is 1. The lowest BCUT2D eigenvalue weighted by atomic mass is 9.77. The van der Waals surface area contributed by atoms with E-state index in [0.717, 1.165) is 38.9 Å². The van der Waals surface area contributed by atoms with Gasteiger partial charge in [0, 0.05) is 24.8 Å². The van der Waals surface area contributed by atoms with E-state index in [1.807, 2.05) is 39.9 Å². The van der Waals surface area contributed by atoms with Crippen LogP contribution in [0.2, 0.25) is 0 Å². The van der Waals surface area contributed by atoms with Crippen molar-refractivity contribution in [2.45, 2.75) is 25.9 Å². The average Bonchev–Trinajstić information content (AvgIpc) is 3.70. The first-order valence-electron chi connectivity index (χ1n) is 17.5. The van der Waals surface area contributed by atoms with Gasteiger partial charge in [0.15, 0.2) is 5.82 Å². The molecule has 0 atom stereocenters. The van der Waals surface area contributed by atoms with Crippen LogP contribution in [0.1, 0.15) is 45.4 Å². The summed E-state index contributed by atoms with van der Waals surface area (Å²) in [5, 5.41) is 13.8. The van der Waals surface area contributed by atoms with Gasteiger partial charge in [-0.25, -0.2) is 19.4 Å². The highest BCUT2D eigenvalue weighted by molar-refractivity contribution is 5.94. The normalized spacial score (nSPS) is 11.2. The summed E-state index contributed by atoms with van der Waals surface area (Å²) in [6.45, 7) is 8.75. The van der Waals surface area contributed by atoms with E-state index in [1.165, 1.54) is 6.20 Å². The third-order valence-electron chi connectivity index (χ3n) is 9.20. The Labute approximate surface area is 309 Å². The monoisotopic (exact) mass is 697 g/mol. The Kier molecular flexibility index (Phi) is 10.2. The van der Waals surface area contributed by atoms with Gasteiger partial charge in [-0.15, -0.1) is 11.7 Å². The lowest BCUT2D eigenvalue weighted by molar-refractivity contribution is 0.0526. The lowest BCUT2D eigenvalue weighted by Gasteiger charge is -2.36. The van der Waals surface area contributed by atoms with Crippen LogP contribution in [0.3, 0.4) is 0 Å². The molecule has 53 heavy (non-hydrogen) atoms. The van der Waals surface area contributed by atoms with Crippen molar-refractivity contribution in [3.05, 3.63) is 192 Å². The van der Waals surface area contributed by atoms with E-state index in [-0.39, 0.29) is 6.61 Å². The Morgan fingerprint density at radius 3 is 1.92 bits per heavy atom. The predicted octanol–water partition coefficient (Wildman–Crippen LogP) is 8.32. The molecule has 7 rings (SSSR count). The molecule has 0 saturated heterocycles. The molecular weight excluding hydrogens is 659 g/mol. The van der Waals surface area contributed by atoms with E-state index in [1.54, 1.807) is 19.9 Å². The van der Waals surface area contributed by atoms with Crippen molar-refractivity contribution in [2.24, 2.45) is 0 Å². The zero-order valence-corrected chi connectivity index (χ0v) is 29.7. The molecule has 9 nitrogen and oxygen atoms in total. The average molecular weight is 698 g/mol. The molecule has 0 aliphatic rings. The van der Waals surface area contributed by atoms with Crippen molar-refractivity contribution in [3.63, 3.8) is 0 Å². The van der Waals surface area contributed by atoms with Crippen LogP contribution in [0, 0.1) is 6.92 Å². The molecule has 0 aliphatic heterocycles. The smallest absolute Gasteiger partial charge is 0.343 e. The van der Waals surface area contributed by atoms with Gasteiger partial charge in [-0.1, -0.05) is 146 Å². The molecule has 0 unspecified atom stereocenters. The van der Waals surface area contributed by atoms with Crippen molar-refractivity contribution in [3.8, 4) is 22.5 Å². The van der Waals surface area contributed by atoms with Crippen molar-refractivity contribution in [1.82, 2.24) is 30.2 Å². The number of nitrogens with zero attached hydrogens (tertiary/aromatic N) is 7. The Balaban J connectivity index is 1.30. The quantitative estimate of drug-likeness (QED) is 0.0674. The van der Waals surface area contributed by atoms with Crippen LogP contribution in [0.15, 0.2) is 158 Å². The largest absolute Gasteiger partial charge is 0.462 e. The molecular formula is C44H39N7O2. The minimum absolute atomic E-state index is 0.259. The maximum absolute atomic E-state index is 12.8. The fourth-order valence-corrected chi connectivity index (χ4v) is 6.86. The fourth-order valence-electron chi connectivity index (χ4n) is 6.86. The number of hydrogen-bond donors (Lipinski definition) is 0. The second-order valence-electron chi connectivity index (χ2n) is 12.5. The van der Waals surface area contributed by atoms with Crippen LogP contribution >= 0.6 is 0 Å². The maximum Gasteiger partial charge on any atom is 0.343 e. The van der Waals surface area contributed by atoms with E-state index in [4.69, 9.17) is 15.0 Å². The number of benzene rings is 5. The fraction of sp³-hybridized carbons (Fsp3) is 0.136. The summed E-state index contributed by atoms with van der Waals surface area (Å²) in [5.74, 6) is 1.24. The molecule has 7 aromatic rings. The number of esters is 1. The molecule has 262 valence electrons. The minimum atomic E-state index is -0.879. The van der Waals surface area contributed by atoms with Crippen LogP contribution in [0.25, 0.3) is 22.5 Å². The Morgan fingerprint density at radius 2 is 1.36 bits per heavy atom. The molecule has 2 aromatic heterocycles. The van der Waals surface area contributed by atoms with Crippen molar-refractivity contribution >= 4 is 11.8 Å². The van der Waals surface area contributed by atoms with Gasteiger partial charge in [-0.3, -0.25) is 0 Å². The molecule has 9 heteroatoms. The number of hydrogen-bond acceptors (Lipinski definition) is 8. The summed E-state index contributed by atoms with van der Waals surface area (Å²) in [6, 6.07) is 47.7. The number of carbonyl (C=O) groups excluding carboxylic acids is 1. The summed E-state index contributed by atoms with van der Waals surface area (Å²) in [5.41, 5.74) is 6.43. The first-order valence-corrected chi connectivity index (χ1v) is 17.5. The zero-order valence-electron chi connectivity index (χ0n) is 29.7. The van der Waals surface area contributed by atoms with Gasteiger partial charge >= 0.3 is 5.97 Å². The van der Waals surface area contributed by atoms with Crippen LogP contribution in [0.5, 0.6) is 0 Å². The van der Waals surface area contributed by atoms with Crippen LogP contribution in [-0.2, 0) is 16.8 Å². The third-order valence-corrected chi connectivity index (χ3v) is 9.20. The lowest BCUT2D eigenvalue weighted by Crippen LogP contribution is -2.39. The molecule has 0 bridgehead atoms. The van der Waals surface area contributed by atoms with E-state index in [9.17, 15) is 4.79 Å². The molecule has 0 amide bonds. The van der Waals surface area contributed by atoms with E-state index < -0.39 is 11.5 Å². The van der Waals surface area contributed by atoms with Crippen LogP contribution in [-0.4, -0.2) is 49.3 Å². The van der Waals surface area contributed by atoms with E-state index >= 15 is 0 Å². The van der Waals surface area contributed by atoms with Gasteiger partial charge in [-0.05, 0) is 57.7 Å². The van der Waals surface area contributed by atoms with Gasteiger partial charge in [0.25, 0.3) is 0 Å². The van der Waals surface area contributed by atoms with Gasteiger partial charge in [0.05, 0.1) is 6.61 Å². The molecule has 0 aliphatic carbocycles. The topological polar surface area (TPSA) is 98.9 Å². The van der Waals surface area contributed by atoms with Crippen molar-refractivity contribution in [1.29, 1.82) is 0 Å². The summed E-state index contributed by atoms with van der Waals surface area (Å²) < 4.78 is 7.27. The number of ether oxygens (including phenoxy) is 1. The Bertz CT molecular complexity index is 2210. The first kappa shape index (κ1) is 34.7. The van der Waals surface area contributed by atoms with Crippen molar-refractivity contribution in [2.75, 3.05) is 18.1 Å². The highest BCUT2D eigenvalue weighted by atomic mass is 16.5. The minimum Gasteiger partial charge on any atom is -0.462 e. The van der Waals surface area contributed by atoms with E-state index in [2.05, 4.69) is 131 Å². The highest BCUT2D eigenvalue weighted by Gasteiger charge is 2.42. The number of rotatable bonds is 13. The van der Waals surface area contributed by atoms with Gasteiger partial charge < -0.3 is 9.64 Å². The number of anilines is 1.